The van der Waals surface area contributed by atoms with Gasteiger partial charge in [0.1, 0.15) is 21.9 Å². The number of aromatic amines is 1. The lowest BCUT2D eigenvalue weighted by Crippen LogP contribution is -2.35. The van der Waals surface area contributed by atoms with Crippen molar-refractivity contribution in [3.63, 3.8) is 0 Å². The van der Waals surface area contributed by atoms with Crippen LogP contribution in [0.4, 0.5) is 5.69 Å². The first-order chi connectivity index (χ1) is 16.9. The topological polar surface area (TPSA) is 126 Å². The van der Waals surface area contributed by atoms with E-state index >= 15 is 0 Å². The molecule has 2 N–H and O–H groups in total. The fraction of sp³-hybridized carbons (Fsp3) is 0.292. The first kappa shape index (κ1) is 23.1. The average molecular weight is 496 g/mol. The highest BCUT2D eigenvalue weighted by molar-refractivity contribution is 7.89. The normalized spacial score (nSPS) is 14.9. The van der Waals surface area contributed by atoms with Gasteiger partial charge >= 0.3 is 0 Å². The molecule has 0 atom stereocenters. The fourth-order valence-corrected chi connectivity index (χ4v) is 6.02. The predicted molar refractivity (Wildman–Crippen MR) is 131 cm³/mol. The lowest BCUT2D eigenvalue weighted by atomic mass is 10.2. The van der Waals surface area contributed by atoms with E-state index in [1.807, 2.05) is 0 Å². The smallest absolute Gasteiger partial charge is 0.261 e. The van der Waals surface area contributed by atoms with Crippen molar-refractivity contribution in [3.8, 4) is 5.75 Å². The molecule has 0 radical (unpaired) electrons. The van der Waals surface area contributed by atoms with Gasteiger partial charge in [0.15, 0.2) is 0 Å². The van der Waals surface area contributed by atoms with Crippen LogP contribution in [0.5, 0.6) is 5.75 Å². The zero-order valence-electron chi connectivity index (χ0n) is 19.2. The zero-order chi connectivity index (χ0) is 24.6. The molecule has 35 heavy (non-hydrogen) atoms. The molecule has 1 aliphatic heterocycles. The number of carbonyl (C=O) groups excluding carboxylic acids is 1. The number of ether oxygens (including phenoxy) is 1. The minimum atomic E-state index is -3.80. The standard InChI is InChI=1S/C24H25N5O5S/c1-2-34-20-11-10-16(14-21(20)35(32,33)28-12-6-3-7-13-28)26-24(31)18-15-25-29-19-9-5-4-8-17(19)23(30)27-22(18)29/h4-5,8-11,14-15H,2-3,6-7,12-13H2,1H3,(H,26,31)(H,27,30). The number of nitrogens with one attached hydrogen (secondary N) is 2. The third-order valence-corrected chi connectivity index (χ3v) is 7.98. The molecule has 1 amide bonds. The van der Waals surface area contributed by atoms with Crippen molar-refractivity contribution in [1.29, 1.82) is 0 Å². The molecule has 2 aromatic heterocycles. The minimum absolute atomic E-state index is 0.0123. The number of anilines is 1. The molecule has 182 valence electrons. The number of fused-ring (bicyclic) bond motifs is 3. The summed E-state index contributed by atoms with van der Waals surface area (Å²) in [7, 11) is -3.80. The Morgan fingerprint density at radius 1 is 1.14 bits per heavy atom. The van der Waals surface area contributed by atoms with Crippen LogP contribution in [-0.2, 0) is 10.0 Å². The van der Waals surface area contributed by atoms with E-state index in [9.17, 15) is 18.0 Å². The first-order valence-electron chi connectivity index (χ1n) is 11.5. The molecule has 5 rings (SSSR count). The predicted octanol–water partition coefficient (Wildman–Crippen LogP) is 3.00. The summed E-state index contributed by atoms with van der Waals surface area (Å²) in [5, 5.41) is 7.46. The lowest BCUT2D eigenvalue weighted by Gasteiger charge is -2.27. The van der Waals surface area contributed by atoms with E-state index in [1.165, 1.54) is 21.1 Å². The van der Waals surface area contributed by atoms with Gasteiger partial charge in [-0.05, 0) is 50.1 Å². The molecule has 1 aliphatic rings. The molecule has 0 unspecified atom stereocenters. The summed E-state index contributed by atoms with van der Waals surface area (Å²) in [4.78, 5) is 28.4. The van der Waals surface area contributed by atoms with Crippen molar-refractivity contribution in [2.75, 3.05) is 25.0 Å². The summed E-state index contributed by atoms with van der Waals surface area (Å²) < 4.78 is 35.3. The van der Waals surface area contributed by atoms with Gasteiger partial charge in [-0.15, -0.1) is 0 Å². The van der Waals surface area contributed by atoms with Gasteiger partial charge in [-0.3, -0.25) is 9.59 Å². The van der Waals surface area contributed by atoms with Gasteiger partial charge in [-0.1, -0.05) is 18.6 Å². The Kier molecular flexibility index (Phi) is 6.03. The second kappa shape index (κ2) is 9.16. The second-order valence-corrected chi connectivity index (χ2v) is 10.2. The van der Waals surface area contributed by atoms with Gasteiger partial charge < -0.3 is 15.0 Å². The van der Waals surface area contributed by atoms with Gasteiger partial charge in [0.25, 0.3) is 11.5 Å². The molecule has 10 nitrogen and oxygen atoms in total. The van der Waals surface area contributed by atoms with Crippen LogP contribution in [0.15, 0.2) is 58.4 Å². The number of rotatable bonds is 6. The molecule has 1 fully saturated rings. The zero-order valence-corrected chi connectivity index (χ0v) is 20.0. The summed E-state index contributed by atoms with van der Waals surface area (Å²) >= 11 is 0. The number of benzene rings is 2. The van der Waals surface area contributed by atoms with E-state index in [-0.39, 0.29) is 33.1 Å². The van der Waals surface area contributed by atoms with Crippen molar-refractivity contribution in [2.45, 2.75) is 31.1 Å². The van der Waals surface area contributed by atoms with Crippen molar-refractivity contribution < 1.29 is 17.9 Å². The molecule has 11 heteroatoms. The highest BCUT2D eigenvalue weighted by Gasteiger charge is 2.29. The molecule has 2 aromatic carbocycles. The number of carbonyl (C=O) groups is 1. The van der Waals surface area contributed by atoms with Crippen LogP contribution in [0, 0.1) is 0 Å². The number of amides is 1. The molecule has 0 aliphatic carbocycles. The SMILES string of the molecule is CCOc1ccc(NC(=O)c2cnn3c2[nH]c(=O)c2ccccc23)cc1S(=O)(=O)N1CCCCC1. The highest BCUT2D eigenvalue weighted by atomic mass is 32.2. The summed E-state index contributed by atoms with van der Waals surface area (Å²) in [6.45, 7) is 2.99. The van der Waals surface area contributed by atoms with Crippen LogP contribution >= 0.6 is 0 Å². The highest BCUT2D eigenvalue weighted by Crippen LogP contribution is 2.31. The molecular formula is C24H25N5O5S. The van der Waals surface area contributed by atoms with Crippen molar-refractivity contribution in [2.24, 2.45) is 0 Å². The molecule has 3 heterocycles. The van der Waals surface area contributed by atoms with Crippen LogP contribution in [0.3, 0.4) is 0 Å². The monoisotopic (exact) mass is 495 g/mol. The van der Waals surface area contributed by atoms with E-state index < -0.39 is 15.9 Å². The maximum Gasteiger partial charge on any atom is 0.261 e. The van der Waals surface area contributed by atoms with Crippen LogP contribution in [0.25, 0.3) is 16.6 Å². The third kappa shape index (κ3) is 4.17. The third-order valence-electron chi connectivity index (χ3n) is 6.06. The number of aromatic nitrogens is 3. The van der Waals surface area contributed by atoms with Gasteiger partial charge in [-0.25, -0.2) is 12.9 Å². The summed E-state index contributed by atoms with van der Waals surface area (Å²) in [5.74, 6) is -0.292. The maximum absolute atomic E-state index is 13.4. The van der Waals surface area contributed by atoms with Crippen LogP contribution in [0.1, 0.15) is 36.5 Å². The van der Waals surface area contributed by atoms with Gasteiger partial charge in [0.05, 0.1) is 23.7 Å². The molecule has 0 spiro atoms. The number of nitrogens with zero attached hydrogens (tertiary/aromatic N) is 3. The van der Waals surface area contributed by atoms with Crippen molar-refractivity contribution in [3.05, 3.63) is 64.6 Å². The van der Waals surface area contributed by atoms with E-state index in [4.69, 9.17) is 4.74 Å². The Labute approximate surface area is 201 Å². The fourth-order valence-electron chi connectivity index (χ4n) is 4.35. The van der Waals surface area contributed by atoms with Crippen LogP contribution in [0.2, 0.25) is 0 Å². The molecule has 0 saturated carbocycles. The number of H-pyrrole nitrogens is 1. The first-order valence-corrected chi connectivity index (χ1v) is 12.9. The quantitative estimate of drug-likeness (QED) is 0.424. The van der Waals surface area contributed by atoms with Crippen molar-refractivity contribution in [1.82, 2.24) is 18.9 Å². The number of sulfonamides is 1. The average Bonchev–Trinajstić information content (AvgIpc) is 3.30. The Hall–Kier alpha value is -3.70. The maximum atomic E-state index is 13.4. The van der Waals surface area contributed by atoms with Crippen molar-refractivity contribution >= 4 is 38.2 Å². The number of hydrogen-bond donors (Lipinski definition) is 2. The van der Waals surface area contributed by atoms with Gasteiger partial charge in [-0.2, -0.15) is 9.40 Å². The number of para-hydroxylation sites is 1. The summed E-state index contributed by atoms with van der Waals surface area (Å²) in [5.41, 5.74) is 0.928. The molecular weight excluding hydrogens is 470 g/mol. The van der Waals surface area contributed by atoms with Crippen LogP contribution in [-0.4, -0.2) is 52.9 Å². The Balaban J connectivity index is 1.51. The Bertz CT molecular complexity index is 1590. The minimum Gasteiger partial charge on any atom is -0.492 e. The molecule has 1 saturated heterocycles. The largest absolute Gasteiger partial charge is 0.492 e. The van der Waals surface area contributed by atoms with E-state index in [2.05, 4.69) is 15.4 Å². The number of piperidine rings is 1. The number of hydrogen-bond acceptors (Lipinski definition) is 6. The van der Waals surface area contributed by atoms with E-state index in [0.29, 0.717) is 30.6 Å². The summed E-state index contributed by atoms with van der Waals surface area (Å²) in [6.07, 6.45) is 3.98. The van der Waals surface area contributed by atoms with Crippen LogP contribution < -0.4 is 15.6 Å². The molecule has 0 bridgehead atoms. The Morgan fingerprint density at radius 2 is 1.91 bits per heavy atom. The molecule has 4 aromatic rings. The van der Waals surface area contributed by atoms with Gasteiger partial charge in [0, 0.05) is 18.8 Å². The van der Waals surface area contributed by atoms with E-state index in [0.717, 1.165) is 19.3 Å². The lowest BCUT2D eigenvalue weighted by molar-refractivity contribution is 0.102. The second-order valence-electron chi connectivity index (χ2n) is 8.30. The van der Waals surface area contributed by atoms with Gasteiger partial charge in [0.2, 0.25) is 10.0 Å². The summed E-state index contributed by atoms with van der Waals surface area (Å²) in [6, 6.07) is 11.5. The Morgan fingerprint density at radius 3 is 2.69 bits per heavy atom. The van der Waals surface area contributed by atoms with E-state index in [1.54, 1.807) is 43.3 Å².